The van der Waals surface area contributed by atoms with Gasteiger partial charge >= 0.3 is 0 Å². The SMILES string of the molecule is Cn1c2ccc(F)cc2c(=O)n2nc(-c3nnn[nH]3)cc12. The Morgan fingerprint density at radius 1 is 1.29 bits per heavy atom. The highest BCUT2D eigenvalue weighted by atomic mass is 19.1. The minimum absolute atomic E-state index is 0.260. The van der Waals surface area contributed by atoms with Gasteiger partial charge < -0.3 is 4.57 Å². The maximum absolute atomic E-state index is 13.4. The van der Waals surface area contributed by atoms with Gasteiger partial charge in [-0.2, -0.15) is 9.61 Å². The number of benzene rings is 1. The number of aryl methyl sites for hydroxylation is 1. The molecule has 0 atom stereocenters. The zero-order chi connectivity index (χ0) is 14.6. The van der Waals surface area contributed by atoms with E-state index in [0.717, 1.165) is 0 Å². The fourth-order valence-corrected chi connectivity index (χ4v) is 2.35. The van der Waals surface area contributed by atoms with Crippen molar-refractivity contribution in [3.05, 3.63) is 40.4 Å². The molecule has 0 saturated carbocycles. The van der Waals surface area contributed by atoms with Crippen molar-refractivity contribution in [2.45, 2.75) is 0 Å². The van der Waals surface area contributed by atoms with E-state index < -0.39 is 11.4 Å². The number of nitrogens with one attached hydrogen (secondary N) is 1. The second-order valence-electron chi connectivity index (χ2n) is 4.58. The van der Waals surface area contributed by atoms with Crippen molar-refractivity contribution in [2.75, 3.05) is 0 Å². The molecule has 0 aliphatic carbocycles. The van der Waals surface area contributed by atoms with Gasteiger partial charge in [-0.05, 0) is 28.6 Å². The Morgan fingerprint density at radius 3 is 2.90 bits per heavy atom. The molecule has 0 fully saturated rings. The average molecular weight is 285 g/mol. The highest BCUT2D eigenvalue weighted by Crippen LogP contribution is 2.18. The van der Waals surface area contributed by atoms with Gasteiger partial charge in [0.15, 0.2) is 5.82 Å². The molecule has 0 aliphatic rings. The molecule has 0 unspecified atom stereocenters. The Hall–Kier alpha value is -3.10. The molecule has 0 aliphatic heterocycles. The van der Waals surface area contributed by atoms with E-state index in [1.54, 1.807) is 23.7 Å². The molecule has 0 amide bonds. The molecule has 0 radical (unpaired) electrons. The van der Waals surface area contributed by atoms with Crippen molar-refractivity contribution in [2.24, 2.45) is 7.05 Å². The molecule has 4 aromatic rings. The van der Waals surface area contributed by atoms with Crippen LogP contribution in [0, 0.1) is 5.82 Å². The fraction of sp³-hybridized carbons (Fsp3) is 0.0833. The van der Waals surface area contributed by atoms with E-state index in [-0.39, 0.29) is 5.39 Å². The third-order valence-electron chi connectivity index (χ3n) is 3.36. The van der Waals surface area contributed by atoms with Crippen molar-refractivity contribution in [3.63, 3.8) is 0 Å². The number of nitrogens with zero attached hydrogens (tertiary/aromatic N) is 6. The van der Waals surface area contributed by atoms with Crippen LogP contribution in [0.15, 0.2) is 29.1 Å². The second-order valence-corrected chi connectivity index (χ2v) is 4.58. The molecule has 4 rings (SSSR count). The first-order valence-electron chi connectivity index (χ1n) is 6.07. The van der Waals surface area contributed by atoms with Gasteiger partial charge in [0, 0.05) is 13.1 Å². The Bertz CT molecular complexity index is 1030. The quantitative estimate of drug-likeness (QED) is 0.550. The first-order valence-corrected chi connectivity index (χ1v) is 6.07. The normalized spacial score (nSPS) is 11.5. The second kappa shape index (κ2) is 3.95. The summed E-state index contributed by atoms with van der Waals surface area (Å²) < 4.78 is 16.3. The zero-order valence-corrected chi connectivity index (χ0v) is 10.8. The van der Waals surface area contributed by atoms with Crippen LogP contribution in [0.4, 0.5) is 4.39 Å². The summed E-state index contributed by atoms with van der Waals surface area (Å²) in [6.07, 6.45) is 0. The van der Waals surface area contributed by atoms with E-state index in [2.05, 4.69) is 25.7 Å². The number of halogens is 1. The molecular weight excluding hydrogens is 277 g/mol. The molecule has 9 heteroatoms. The highest BCUT2D eigenvalue weighted by Gasteiger charge is 2.14. The first kappa shape index (κ1) is 11.7. The van der Waals surface area contributed by atoms with Crippen LogP contribution in [-0.4, -0.2) is 34.8 Å². The van der Waals surface area contributed by atoms with E-state index in [9.17, 15) is 9.18 Å². The first-order chi connectivity index (χ1) is 10.1. The number of H-pyrrole nitrogens is 1. The molecular formula is C12H8FN7O. The lowest BCUT2D eigenvalue weighted by atomic mass is 10.2. The minimum atomic E-state index is -0.467. The third-order valence-corrected chi connectivity index (χ3v) is 3.36. The van der Waals surface area contributed by atoms with E-state index in [1.807, 2.05) is 0 Å². The van der Waals surface area contributed by atoms with Crippen molar-refractivity contribution < 1.29 is 4.39 Å². The van der Waals surface area contributed by atoms with Gasteiger partial charge in [-0.1, -0.05) is 0 Å². The summed E-state index contributed by atoms with van der Waals surface area (Å²) in [5.74, 6) is -0.112. The third kappa shape index (κ3) is 1.57. The Kier molecular flexibility index (Phi) is 2.20. The lowest BCUT2D eigenvalue weighted by Crippen LogP contribution is -2.18. The van der Waals surface area contributed by atoms with Gasteiger partial charge in [0.25, 0.3) is 5.56 Å². The fourth-order valence-electron chi connectivity index (χ4n) is 2.35. The number of hydrogen-bond donors (Lipinski definition) is 1. The van der Waals surface area contributed by atoms with Crippen molar-refractivity contribution in [1.82, 2.24) is 34.8 Å². The van der Waals surface area contributed by atoms with Crippen LogP contribution >= 0.6 is 0 Å². The van der Waals surface area contributed by atoms with Gasteiger partial charge in [0.1, 0.15) is 17.2 Å². The predicted molar refractivity (Wildman–Crippen MR) is 71.1 cm³/mol. The molecule has 0 saturated heterocycles. The minimum Gasteiger partial charge on any atom is -0.328 e. The van der Waals surface area contributed by atoms with Crippen molar-refractivity contribution in [3.8, 4) is 11.5 Å². The molecule has 21 heavy (non-hydrogen) atoms. The van der Waals surface area contributed by atoms with Crippen LogP contribution < -0.4 is 5.56 Å². The largest absolute Gasteiger partial charge is 0.328 e. The zero-order valence-electron chi connectivity index (χ0n) is 10.8. The van der Waals surface area contributed by atoms with Crippen LogP contribution in [0.1, 0.15) is 0 Å². The number of aromatic amines is 1. The molecule has 1 N–H and O–H groups in total. The lowest BCUT2D eigenvalue weighted by molar-refractivity contribution is 0.629. The summed E-state index contributed by atoms with van der Waals surface area (Å²) in [5, 5.41) is 17.7. The highest BCUT2D eigenvalue weighted by molar-refractivity contribution is 5.81. The number of rotatable bonds is 1. The van der Waals surface area contributed by atoms with E-state index in [4.69, 9.17) is 0 Å². The van der Waals surface area contributed by atoms with Crippen LogP contribution in [0.3, 0.4) is 0 Å². The Morgan fingerprint density at radius 2 is 2.14 bits per heavy atom. The summed E-state index contributed by atoms with van der Waals surface area (Å²) in [4.78, 5) is 12.4. The number of hydrogen-bond acceptors (Lipinski definition) is 5. The van der Waals surface area contributed by atoms with Gasteiger partial charge in [0.2, 0.25) is 0 Å². The van der Waals surface area contributed by atoms with Gasteiger partial charge in [-0.3, -0.25) is 4.79 Å². The summed E-state index contributed by atoms with van der Waals surface area (Å²) in [6.45, 7) is 0. The predicted octanol–water partition coefficient (Wildman–Crippen LogP) is 0.505. The van der Waals surface area contributed by atoms with Crippen molar-refractivity contribution in [1.29, 1.82) is 0 Å². The summed E-state index contributed by atoms with van der Waals surface area (Å²) >= 11 is 0. The van der Waals surface area contributed by atoms with Crippen molar-refractivity contribution >= 4 is 16.6 Å². The topological polar surface area (TPSA) is 93.8 Å². The summed E-state index contributed by atoms with van der Waals surface area (Å²) in [5.41, 5.74) is 1.22. The molecule has 8 nitrogen and oxygen atoms in total. The van der Waals surface area contributed by atoms with Crippen LogP contribution in [0.5, 0.6) is 0 Å². The monoisotopic (exact) mass is 285 g/mol. The van der Waals surface area contributed by atoms with Crippen LogP contribution in [-0.2, 0) is 7.05 Å². The number of tetrazole rings is 1. The molecule has 0 bridgehead atoms. The summed E-state index contributed by atoms with van der Waals surface area (Å²) in [6, 6.07) is 5.77. The Balaban J connectivity index is 2.16. The molecule has 0 spiro atoms. The van der Waals surface area contributed by atoms with Crippen LogP contribution in [0.25, 0.3) is 28.1 Å². The maximum atomic E-state index is 13.4. The molecule has 1 aromatic carbocycles. The van der Waals surface area contributed by atoms with Gasteiger partial charge in [-0.15, -0.1) is 5.10 Å². The Labute approximate surface area is 115 Å². The maximum Gasteiger partial charge on any atom is 0.282 e. The molecule has 3 aromatic heterocycles. The van der Waals surface area contributed by atoms with E-state index in [0.29, 0.717) is 22.7 Å². The van der Waals surface area contributed by atoms with Crippen LogP contribution in [0.2, 0.25) is 0 Å². The lowest BCUT2D eigenvalue weighted by Gasteiger charge is -2.07. The number of aromatic nitrogens is 7. The number of fused-ring (bicyclic) bond motifs is 2. The van der Waals surface area contributed by atoms with E-state index in [1.165, 1.54) is 16.6 Å². The van der Waals surface area contributed by atoms with Gasteiger partial charge in [-0.25, -0.2) is 9.49 Å². The van der Waals surface area contributed by atoms with Gasteiger partial charge in [0.05, 0.1) is 10.9 Å². The molecule has 3 heterocycles. The molecule has 104 valence electrons. The standard InChI is InChI=1S/C12H8FN7O/c1-19-9-3-2-6(13)4-7(9)12(21)20-10(19)5-8(16-20)11-14-17-18-15-11/h2-5H,1H3,(H,14,15,17,18). The average Bonchev–Trinajstić information content (AvgIpc) is 3.13. The van der Waals surface area contributed by atoms with E-state index >= 15 is 0 Å². The smallest absolute Gasteiger partial charge is 0.282 e. The summed E-state index contributed by atoms with van der Waals surface area (Å²) in [7, 11) is 1.78.